The van der Waals surface area contributed by atoms with Gasteiger partial charge in [-0.15, -0.1) is 11.3 Å². The van der Waals surface area contributed by atoms with Gasteiger partial charge in [0, 0.05) is 6.61 Å². The molecule has 1 unspecified atom stereocenters. The molecule has 1 fully saturated rings. The van der Waals surface area contributed by atoms with Crippen molar-refractivity contribution in [1.29, 1.82) is 0 Å². The molecule has 3 rings (SSSR count). The van der Waals surface area contributed by atoms with Gasteiger partial charge >= 0.3 is 0 Å². The van der Waals surface area contributed by atoms with E-state index >= 15 is 0 Å². The van der Waals surface area contributed by atoms with Gasteiger partial charge in [-0.3, -0.25) is 4.79 Å². The number of amides is 1. The molecular formula is C20H27N2O3S+. The molecule has 1 saturated heterocycles. The first-order valence-electron chi connectivity index (χ1n) is 9.24. The summed E-state index contributed by atoms with van der Waals surface area (Å²) in [6.45, 7) is 5.47. The van der Waals surface area contributed by atoms with Crippen LogP contribution in [0.4, 0.5) is 5.69 Å². The summed E-state index contributed by atoms with van der Waals surface area (Å²) < 4.78 is 11.4. The lowest BCUT2D eigenvalue weighted by Gasteiger charge is -2.21. The van der Waals surface area contributed by atoms with E-state index in [-0.39, 0.29) is 12.0 Å². The van der Waals surface area contributed by atoms with Gasteiger partial charge in [0.05, 0.1) is 17.2 Å². The van der Waals surface area contributed by atoms with Crippen LogP contribution in [0.3, 0.4) is 0 Å². The minimum absolute atomic E-state index is 0.00158. The Bertz CT molecular complexity index is 684. The third-order valence-corrected chi connectivity index (χ3v) is 5.29. The third-order valence-electron chi connectivity index (χ3n) is 4.42. The Morgan fingerprint density at radius 2 is 2.23 bits per heavy atom. The maximum absolute atomic E-state index is 12.7. The van der Waals surface area contributed by atoms with Crippen molar-refractivity contribution in [2.45, 2.75) is 32.4 Å². The summed E-state index contributed by atoms with van der Waals surface area (Å²) in [7, 11) is 0. The van der Waals surface area contributed by atoms with Crippen molar-refractivity contribution >= 4 is 22.9 Å². The molecule has 6 heteroatoms. The first-order chi connectivity index (χ1) is 12.7. The summed E-state index contributed by atoms with van der Waals surface area (Å²) >= 11 is 1.74. The molecule has 2 aromatic rings. The number of anilines is 1. The summed E-state index contributed by atoms with van der Waals surface area (Å²) in [4.78, 5) is 15.2. The van der Waals surface area contributed by atoms with Crippen LogP contribution in [0.15, 0.2) is 41.8 Å². The average Bonchev–Trinajstić information content (AvgIpc) is 3.31. The molecule has 26 heavy (non-hydrogen) atoms. The standard InChI is InChI=1S/C20H26N2O3S/c1-2-24-19-10-4-3-9-18(19)21-20(23)15-22(13-16-7-5-11-25-16)14-17-8-6-12-26-17/h3-4,6,8-10,12,16H,2,5,7,11,13-15H2,1H3,(H,21,23)/p+1/t16-/m1/s1. The van der Waals surface area contributed by atoms with E-state index in [0.29, 0.717) is 18.9 Å². The highest BCUT2D eigenvalue weighted by molar-refractivity contribution is 7.09. The molecule has 1 amide bonds. The summed E-state index contributed by atoms with van der Waals surface area (Å²) in [5.74, 6) is 0.712. The van der Waals surface area contributed by atoms with Crippen LogP contribution in [0, 0.1) is 0 Å². The monoisotopic (exact) mass is 375 g/mol. The minimum Gasteiger partial charge on any atom is -0.492 e. The number of benzene rings is 1. The Morgan fingerprint density at radius 3 is 2.96 bits per heavy atom. The highest BCUT2D eigenvalue weighted by Crippen LogP contribution is 2.23. The second kappa shape index (κ2) is 9.71. The van der Waals surface area contributed by atoms with Crippen LogP contribution >= 0.6 is 11.3 Å². The highest BCUT2D eigenvalue weighted by atomic mass is 32.1. The van der Waals surface area contributed by atoms with Crippen molar-refractivity contribution in [3.63, 3.8) is 0 Å². The van der Waals surface area contributed by atoms with Crippen LogP contribution in [-0.4, -0.2) is 38.3 Å². The largest absolute Gasteiger partial charge is 0.492 e. The Balaban J connectivity index is 1.62. The number of thiophene rings is 1. The van der Waals surface area contributed by atoms with Crippen LogP contribution in [0.2, 0.25) is 0 Å². The number of quaternary nitrogens is 1. The molecule has 1 aliphatic rings. The van der Waals surface area contributed by atoms with Crippen molar-refractivity contribution in [3.8, 4) is 5.75 Å². The van der Waals surface area contributed by atoms with Gasteiger partial charge in [-0.1, -0.05) is 18.2 Å². The van der Waals surface area contributed by atoms with Crippen LogP contribution in [0.5, 0.6) is 5.75 Å². The maximum atomic E-state index is 12.7. The Morgan fingerprint density at radius 1 is 1.35 bits per heavy atom. The Hall–Kier alpha value is -1.89. The lowest BCUT2D eigenvalue weighted by Crippen LogP contribution is -3.12. The van der Waals surface area contributed by atoms with E-state index in [2.05, 4.69) is 22.8 Å². The fourth-order valence-electron chi connectivity index (χ4n) is 3.27. The van der Waals surface area contributed by atoms with Gasteiger partial charge < -0.3 is 19.7 Å². The number of rotatable bonds is 9. The minimum atomic E-state index is 0.00158. The fourth-order valence-corrected chi connectivity index (χ4v) is 4.04. The zero-order valence-corrected chi connectivity index (χ0v) is 16.0. The summed E-state index contributed by atoms with van der Waals surface area (Å²) in [5, 5.41) is 5.09. The van der Waals surface area contributed by atoms with Crippen molar-refractivity contribution in [2.24, 2.45) is 0 Å². The predicted octanol–water partition coefficient (Wildman–Crippen LogP) is 2.35. The number of carbonyl (C=O) groups is 1. The molecule has 0 aliphatic carbocycles. The lowest BCUT2D eigenvalue weighted by atomic mass is 10.2. The number of ether oxygens (including phenoxy) is 2. The molecule has 1 aromatic heterocycles. The topological polar surface area (TPSA) is 52.0 Å². The van der Waals surface area contributed by atoms with Gasteiger partial charge in [0.2, 0.25) is 0 Å². The van der Waals surface area contributed by atoms with E-state index in [1.807, 2.05) is 31.2 Å². The number of para-hydroxylation sites is 2. The molecule has 2 heterocycles. The summed E-state index contributed by atoms with van der Waals surface area (Å²) in [6.07, 6.45) is 2.46. The molecule has 1 aliphatic heterocycles. The second-order valence-corrected chi connectivity index (χ2v) is 7.53. The van der Waals surface area contributed by atoms with Crippen LogP contribution in [0.25, 0.3) is 0 Å². The van der Waals surface area contributed by atoms with Crippen molar-refractivity contribution in [3.05, 3.63) is 46.7 Å². The number of hydrogen-bond acceptors (Lipinski definition) is 4. The van der Waals surface area contributed by atoms with Gasteiger partial charge in [0.1, 0.15) is 24.9 Å². The van der Waals surface area contributed by atoms with E-state index in [1.165, 1.54) is 9.78 Å². The van der Waals surface area contributed by atoms with Gasteiger partial charge in [0.15, 0.2) is 6.54 Å². The normalized spacial score (nSPS) is 17.8. The molecule has 2 atom stereocenters. The van der Waals surface area contributed by atoms with E-state index in [9.17, 15) is 4.79 Å². The smallest absolute Gasteiger partial charge is 0.279 e. The Labute approximate surface area is 158 Å². The SMILES string of the molecule is CCOc1ccccc1NC(=O)C[NH+](Cc1cccs1)C[C@H]1CCCO1. The van der Waals surface area contributed by atoms with Crippen LogP contribution in [-0.2, 0) is 16.1 Å². The molecule has 0 spiro atoms. The Kier molecular flexibility index (Phi) is 7.05. The first kappa shape index (κ1) is 18.9. The zero-order valence-electron chi connectivity index (χ0n) is 15.2. The van der Waals surface area contributed by atoms with Crippen LogP contribution in [0.1, 0.15) is 24.6 Å². The molecule has 0 saturated carbocycles. The molecule has 0 bridgehead atoms. The molecule has 0 radical (unpaired) electrons. The van der Waals surface area contributed by atoms with E-state index < -0.39 is 0 Å². The average molecular weight is 376 g/mol. The first-order valence-corrected chi connectivity index (χ1v) is 10.1. The van der Waals surface area contributed by atoms with E-state index in [1.54, 1.807) is 11.3 Å². The summed E-state index contributed by atoms with van der Waals surface area (Å²) in [5.41, 5.74) is 0.729. The number of nitrogens with one attached hydrogen (secondary N) is 2. The van der Waals surface area contributed by atoms with Crippen molar-refractivity contribution in [2.75, 3.05) is 31.6 Å². The summed E-state index contributed by atoms with van der Waals surface area (Å²) in [6, 6.07) is 11.8. The van der Waals surface area contributed by atoms with E-state index in [4.69, 9.17) is 9.47 Å². The van der Waals surface area contributed by atoms with Crippen LogP contribution < -0.4 is 15.0 Å². The highest BCUT2D eigenvalue weighted by Gasteiger charge is 2.24. The lowest BCUT2D eigenvalue weighted by molar-refractivity contribution is -0.908. The molecule has 2 N–H and O–H groups in total. The maximum Gasteiger partial charge on any atom is 0.279 e. The molecule has 1 aromatic carbocycles. The number of carbonyl (C=O) groups excluding carboxylic acids is 1. The van der Waals surface area contributed by atoms with E-state index in [0.717, 1.165) is 38.2 Å². The third kappa shape index (κ3) is 5.56. The van der Waals surface area contributed by atoms with Gasteiger partial charge in [-0.25, -0.2) is 0 Å². The van der Waals surface area contributed by atoms with Crippen molar-refractivity contribution in [1.82, 2.24) is 0 Å². The quantitative estimate of drug-likeness (QED) is 0.707. The van der Waals surface area contributed by atoms with Gasteiger partial charge in [-0.2, -0.15) is 0 Å². The van der Waals surface area contributed by atoms with Gasteiger partial charge in [-0.05, 0) is 43.3 Å². The number of hydrogen-bond donors (Lipinski definition) is 2. The second-order valence-electron chi connectivity index (χ2n) is 6.50. The predicted molar refractivity (Wildman–Crippen MR) is 104 cm³/mol. The molecule has 5 nitrogen and oxygen atoms in total. The van der Waals surface area contributed by atoms with Crippen molar-refractivity contribution < 1.29 is 19.2 Å². The van der Waals surface area contributed by atoms with Gasteiger partial charge in [0.25, 0.3) is 5.91 Å². The zero-order chi connectivity index (χ0) is 18.2. The molecular weight excluding hydrogens is 348 g/mol. The molecule has 140 valence electrons. The fraction of sp³-hybridized carbons (Fsp3) is 0.450.